The summed E-state index contributed by atoms with van der Waals surface area (Å²) in [4.78, 5) is 39.3. The third-order valence-electron chi connectivity index (χ3n) is 6.12. The van der Waals surface area contributed by atoms with Gasteiger partial charge in [0.15, 0.2) is 5.78 Å². The van der Waals surface area contributed by atoms with Crippen LogP contribution in [0.1, 0.15) is 52.0 Å². The Hall–Kier alpha value is -2.31. The van der Waals surface area contributed by atoms with Crippen LogP contribution in [0.5, 0.6) is 0 Å². The summed E-state index contributed by atoms with van der Waals surface area (Å²) in [5.41, 5.74) is 2.59. The van der Waals surface area contributed by atoms with Gasteiger partial charge in [0.05, 0.1) is 28.8 Å². The highest BCUT2D eigenvalue weighted by Gasteiger charge is 2.47. The van der Waals surface area contributed by atoms with Crippen LogP contribution in [0.15, 0.2) is 40.7 Å². The Bertz CT molecular complexity index is 1030. The van der Waals surface area contributed by atoms with Crippen molar-refractivity contribution in [2.24, 2.45) is 11.8 Å². The van der Waals surface area contributed by atoms with Crippen LogP contribution >= 0.6 is 23.2 Å². The molecular weight excluding hydrogens is 453 g/mol. The Balaban J connectivity index is 2.19. The van der Waals surface area contributed by atoms with Gasteiger partial charge in [-0.25, -0.2) is 4.79 Å². The fourth-order valence-electron chi connectivity index (χ4n) is 4.31. The van der Waals surface area contributed by atoms with Crippen LogP contribution in [-0.4, -0.2) is 30.9 Å². The van der Waals surface area contributed by atoms with Crippen LogP contribution < -0.4 is 5.32 Å². The van der Waals surface area contributed by atoms with E-state index in [9.17, 15) is 14.4 Å². The van der Waals surface area contributed by atoms with E-state index in [0.29, 0.717) is 51.0 Å². The number of hydrogen-bond acceptors (Lipinski definition) is 6. The highest BCUT2D eigenvalue weighted by atomic mass is 35.5. The number of nitrogens with one attached hydrogen (secondary N) is 1. The summed E-state index contributed by atoms with van der Waals surface area (Å²) in [6.45, 7) is 7.35. The highest BCUT2D eigenvalue weighted by molar-refractivity contribution is 6.42. The molecule has 1 aliphatic heterocycles. The maximum atomic E-state index is 13.6. The average molecular weight is 480 g/mol. The number of dihydropyridines is 1. The maximum Gasteiger partial charge on any atom is 0.337 e. The molecule has 0 bridgehead atoms. The lowest BCUT2D eigenvalue weighted by atomic mass is 9.69. The Morgan fingerprint density at radius 2 is 1.94 bits per heavy atom. The molecule has 1 N–H and O–H groups in total. The van der Waals surface area contributed by atoms with E-state index < -0.39 is 23.8 Å². The molecule has 172 valence electrons. The number of ketones is 1. The molecule has 0 saturated heterocycles. The minimum Gasteiger partial charge on any atom is -0.468 e. The summed E-state index contributed by atoms with van der Waals surface area (Å²) < 4.78 is 10.5. The van der Waals surface area contributed by atoms with Gasteiger partial charge < -0.3 is 14.8 Å². The number of carbonyl (C=O) groups excluding carboxylic acids is 3. The fraction of sp³-hybridized carbons (Fsp3) is 0.458. The van der Waals surface area contributed by atoms with Gasteiger partial charge in [-0.05, 0) is 50.3 Å². The number of methoxy groups -OCH3 is 1. The number of hydrogen-bond donors (Lipinski definition) is 1. The molecule has 0 saturated carbocycles. The molecule has 1 aromatic rings. The molecule has 1 heterocycles. The van der Waals surface area contributed by atoms with Crippen molar-refractivity contribution < 1.29 is 23.9 Å². The zero-order chi connectivity index (χ0) is 23.7. The van der Waals surface area contributed by atoms with Gasteiger partial charge in [-0.3, -0.25) is 9.59 Å². The van der Waals surface area contributed by atoms with Crippen molar-refractivity contribution in [1.82, 2.24) is 5.32 Å². The first kappa shape index (κ1) is 24.3. The second-order valence-electron chi connectivity index (χ2n) is 8.33. The van der Waals surface area contributed by atoms with E-state index in [1.165, 1.54) is 7.11 Å². The van der Waals surface area contributed by atoms with Gasteiger partial charge in [-0.15, -0.1) is 0 Å². The zero-order valence-corrected chi connectivity index (χ0v) is 20.3. The molecular formula is C24H27Cl2NO5. The van der Waals surface area contributed by atoms with Gasteiger partial charge in [0.1, 0.15) is 5.92 Å². The summed E-state index contributed by atoms with van der Waals surface area (Å²) >= 11 is 12.4. The SMILES string of the molecule is CC[C@H](C)OC(=O)C1=C(C)NC2=C(C(=O)[C@H](C(=O)OC)[C@H](C)C2)[C@H]1c1ccc(Cl)c(Cl)c1. The molecule has 0 radical (unpaired) electrons. The number of esters is 2. The summed E-state index contributed by atoms with van der Waals surface area (Å²) in [5, 5.41) is 3.90. The third kappa shape index (κ3) is 4.44. The normalized spacial score (nSPS) is 24.0. The molecule has 0 aromatic heterocycles. The van der Waals surface area contributed by atoms with Crippen molar-refractivity contribution in [3.8, 4) is 0 Å². The van der Waals surface area contributed by atoms with E-state index in [0.717, 1.165) is 0 Å². The van der Waals surface area contributed by atoms with E-state index >= 15 is 0 Å². The minimum atomic E-state index is -0.948. The second-order valence-corrected chi connectivity index (χ2v) is 9.15. The first-order chi connectivity index (χ1) is 15.1. The van der Waals surface area contributed by atoms with E-state index in [1.807, 2.05) is 20.8 Å². The quantitative estimate of drug-likeness (QED) is 0.475. The van der Waals surface area contributed by atoms with Gasteiger partial charge in [0.25, 0.3) is 0 Å². The summed E-state index contributed by atoms with van der Waals surface area (Å²) in [7, 11) is 1.26. The Morgan fingerprint density at radius 1 is 1.25 bits per heavy atom. The summed E-state index contributed by atoms with van der Waals surface area (Å²) in [5.74, 6) is -3.42. The monoisotopic (exact) mass is 479 g/mol. The van der Waals surface area contributed by atoms with Crippen molar-refractivity contribution in [2.45, 2.75) is 52.6 Å². The van der Waals surface area contributed by atoms with E-state index in [4.69, 9.17) is 32.7 Å². The minimum absolute atomic E-state index is 0.253. The zero-order valence-electron chi connectivity index (χ0n) is 18.8. The molecule has 0 amide bonds. The van der Waals surface area contributed by atoms with Crippen LogP contribution in [0.2, 0.25) is 10.0 Å². The number of ether oxygens (including phenoxy) is 2. The number of allylic oxidation sites excluding steroid dienone is 3. The van der Waals surface area contributed by atoms with Crippen molar-refractivity contribution in [1.29, 1.82) is 0 Å². The van der Waals surface area contributed by atoms with E-state index in [2.05, 4.69) is 5.32 Å². The van der Waals surface area contributed by atoms with Crippen molar-refractivity contribution >= 4 is 40.9 Å². The molecule has 0 unspecified atom stereocenters. The molecule has 32 heavy (non-hydrogen) atoms. The van der Waals surface area contributed by atoms with Crippen molar-refractivity contribution in [2.75, 3.05) is 7.11 Å². The van der Waals surface area contributed by atoms with Crippen molar-refractivity contribution in [3.05, 3.63) is 56.3 Å². The van der Waals surface area contributed by atoms with Crippen LogP contribution in [0.25, 0.3) is 0 Å². The lowest BCUT2D eigenvalue weighted by Crippen LogP contribution is -2.43. The van der Waals surface area contributed by atoms with E-state index in [1.54, 1.807) is 25.1 Å². The predicted molar refractivity (Wildman–Crippen MR) is 122 cm³/mol. The Kier molecular flexibility index (Phi) is 7.36. The fourth-order valence-corrected chi connectivity index (χ4v) is 4.61. The highest BCUT2D eigenvalue weighted by Crippen LogP contribution is 2.46. The molecule has 2 aliphatic rings. The number of Topliss-reactive ketones (excluding diaryl/α,β-unsaturated/α-hetero) is 1. The van der Waals surface area contributed by atoms with Crippen LogP contribution in [-0.2, 0) is 23.9 Å². The average Bonchev–Trinajstić information content (AvgIpc) is 2.74. The second kappa shape index (κ2) is 9.67. The standard InChI is InChI=1S/C24H27Cl2NO5/c1-6-12(3)32-24(30)19-13(4)27-17-9-11(2)18(23(29)31-5)22(28)21(17)20(19)14-7-8-15(25)16(26)10-14/h7-8,10-12,18,20,27H,6,9H2,1-5H3/t11-,12+,18-,20+/m1/s1. The van der Waals surface area contributed by atoms with Gasteiger partial charge >= 0.3 is 11.9 Å². The van der Waals surface area contributed by atoms with Crippen LogP contribution in [0, 0.1) is 11.8 Å². The molecule has 0 fully saturated rings. The first-order valence-corrected chi connectivity index (χ1v) is 11.3. The van der Waals surface area contributed by atoms with Crippen molar-refractivity contribution in [3.63, 3.8) is 0 Å². The molecule has 0 spiro atoms. The third-order valence-corrected chi connectivity index (χ3v) is 6.86. The van der Waals surface area contributed by atoms with Gasteiger partial charge in [0.2, 0.25) is 0 Å². The number of benzene rings is 1. The van der Waals surface area contributed by atoms with Gasteiger partial charge in [-0.1, -0.05) is 43.1 Å². The number of rotatable bonds is 5. The largest absolute Gasteiger partial charge is 0.468 e. The molecule has 8 heteroatoms. The van der Waals surface area contributed by atoms with Gasteiger partial charge in [-0.2, -0.15) is 0 Å². The van der Waals surface area contributed by atoms with Crippen LogP contribution in [0.4, 0.5) is 0 Å². The predicted octanol–water partition coefficient (Wildman–Crippen LogP) is 4.95. The molecule has 1 aromatic carbocycles. The molecule has 4 atom stereocenters. The topological polar surface area (TPSA) is 81.7 Å². The Labute approximate surface area is 197 Å². The number of halogens is 2. The molecule has 3 rings (SSSR count). The van der Waals surface area contributed by atoms with Gasteiger partial charge in [0, 0.05) is 22.9 Å². The molecule has 6 nitrogen and oxygen atoms in total. The summed E-state index contributed by atoms with van der Waals surface area (Å²) in [6.07, 6.45) is 0.819. The lowest BCUT2D eigenvalue weighted by molar-refractivity contribution is -0.151. The maximum absolute atomic E-state index is 13.6. The molecule has 1 aliphatic carbocycles. The Morgan fingerprint density at radius 3 is 2.53 bits per heavy atom. The lowest BCUT2D eigenvalue weighted by Gasteiger charge is -2.38. The van der Waals surface area contributed by atoms with E-state index in [-0.39, 0.29) is 17.8 Å². The smallest absolute Gasteiger partial charge is 0.337 e. The number of carbonyl (C=O) groups is 3. The summed E-state index contributed by atoms with van der Waals surface area (Å²) in [6, 6.07) is 5.01. The first-order valence-electron chi connectivity index (χ1n) is 10.6. The van der Waals surface area contributed by atoms with Crippen LogP contribution in [0.3, 0.4) is 0 Å².